The molecular formula is C20H25N3OS. The number of nitrogens with zero attached hydrogens (tertiary/aromatic N) is 3. The van der Waals surface area contributed by atoms with Crippen molar-refractivity contribution in [2.45, 2.75) is 75.7 Å². The molecule has 2 saturated carbocycles. The van der Waals surface area contributed by atoms with Crippen LogP contribution in [0.1, 0.15) is 77.4 Å². The minimum atomic E-state index is -0.158. The zero-order valence-corrected chi connectivity index (χ0v) is 16.2. The molecule has 0 unspecified atom stereocenters. The highest BCUT2D eigenvalue weighted by molar-refractivity contribution is 8.00. The van der Waals surface area contributed by atoms with Gasteiger partial charge < -0.3 is 4.57 Å². The standard InChI is InChI=1S/C20H25N3OS/c1-11-9-13(3)17(10-12(11)2)18(24)14(4)25-20-22-21-19(15-5-6-15)23(20)16-7-8-16/h9-10,14-16H,5-8H2,1-4H3/t14-/m1/s1. The van der Waals surface area contributed by atoms with Gasteiger partial charge in [0, 0.05) is 17.5 Å². The summed E-state index contributed by atoms with van der Waals surface area (Å²) in [5, 5.41) is 9.65. The van der Waals surface area contributed by atoms with Gasteiger partial charge in [0.15, 0.2) is 10.9 Å². The fourth-order valence-corrected chi connectivity index (χ4v) is 4.32. The van der Waals surface area contributed by atoms with E-state index in [9.17, 15) is 4.79 Å². The molecule has 1 aromatic heterocycles. The number of thioether (sulfide) groups is 1. The van der Waals surface area contributed by atoms with Crippen molar-refractivity contribution in [3.05, 3.63) is 40.2 Å². The smallest absolute Gasteiger partial charge is 0.192 e. The molecule has 25 heavy (non-hydrogen) atoms. The molecule has 4 rings (SSSR count). The van der Waals surface area contributed by atoms with E-state index in [1.54, 1.807) is 11.8 Å². The average Bonchev–Trinajstić information content (AvgIpc) is 3.49. The molecule has 0 spiro atoms. The maximum Gasteiger partial charge on any atom is 0.192 e. The van der Waals surface area contributed by atoms with E-state index in [4.69, 9.17) is 0 Å². The van der Waals surface area contributed by atoms with Crippen molar-refractivity contribution in [3.8, 4) is 0 Å². The lowest BCUT2D eigenvalue weighted by atomic mass is 9.97. The van der Waals surface area contributed by atoms with Gasteiger partial charge in [-0.25, -0.2) is 0 Å². The summed E-state index contributed by atoms with van der Waals surface area (Å²) in [5.41, 5.74) is 4.30. The van der Waals surface area contributed by atoms with E-state index in [-0.39, 0.29) is 11.0 Å². The van der Waals surface area contributed by atoms with E-state index in [1.807, 2.05) is 19.9 Å². The monoisotopic (exact) mass is 355 g/mol. The van der Waals surface area contributed by atoms with Crippen LogP contribution < -0.4 is 0 Å². The fourth-order valence-electron chi connectivity index (χ4n) is 3.32. The lowest BCUT2D eigenvalue weighted by Gasteiger charge is -2.15. The molecule has 132 valence electrons. The zero-order chi connectivity index (χ0) is 17.7. The molecule has 2 aliphatic carbocycles. The second-order valence-electron chi connectivity index (χ2n) is 7.59. The van der Waals surface area contributed by atoms with Gasteiger partial charge in [-0.3, -0.25) is 4.79 Å². The Labute approximate surface area is 153 Å². The lowest BCUT2D eigenvalue weighted by molar-refractivity contribution is 0.0993. The third kappa shape index (κ3) is 3.26. The summed E-state index contributed by atoms with van der Waals surface area (Å²) in [6.07, 6.45) is 4.88. The predicted molar refractivity (Wildman–Crippen MR) is 101 cm³/mol. The molecule has 1 atom stereocenters. The molecule has 5 heteroatoms. The van der Waals surface area contributed by atoms with Gasteiger partial charge in [-0.15, -0.1) is 10.2 Å². The number of carbonyl (C=O) groups is 1. The van der Waals surface area contributed by atoms with Crippen molar-refractivity contribution >= 4 is 17.5 Å². The van der Waals surface area contributed by atoms with Crippen molar-refractivity contribution in [1.29, 1.82) is 0 Å². The fraction of sp³-hybridized carbons (Fsp3) is 0.550. The van der Waals surface area contributed by atoms with Crippen LogP contribution in [0.15, 0.2) is 17.3 Å². The summed E-state index contributed by atoms with van der Waals surface area (Å²) < 4.78 is 2.32. The summed E-state index contributed by atoms with van der Waals surface area (Å²) in [6.45, 7) is 8.17. The van der Waals surface area contributed by atoms with Gasteiger partial charge in [-0.1, -0.05) is 17.8 Å². The second-order valence-corrected chi connectivity index (χ2v) is 8.90. The molecule has 2 aliphatic rings. The Hall–Kier alpha value is -1.62. The number of aryl methyl sites for hydroxylation is 3. The minimum absolute atomic E-state index is 0.158. The molecule has 1 aromatic carbocycles. The second kappa shape index (κ2) is 6.27. The van der Waals surface area contributed by atoms with Crippen molar-refractivity contribution in [2.24, 2.45) is 0 Å². The molecular weight excluding hydrogens is 330 g/mol. The number of Topliss-reactive ketones (excluding diaryl/α,β-unsaturated/α-hetero) is 1. The Balaban J connectivity index is 1.57. The van der Waals surface area contributed by atoms with Gasteiger partial charge in [-0.05, 0) is 76.1 Å². The highest BCUT2D eigenvalue weighted by atomic mass is 32.2. The van der Waals surface area contributed by atoms with Crippen LogP contribution in [-0.2, 0) is 0 Å². The maximum atomic E-state index is 13.0. The first kappa shape index (κ1) is 16.8. The molecule has 0 amide bonds. The SMILES string of the molecule is Cc1cc(C)c(C(=O)[C@@H](C)Sc2nnc(C3CC3)n2C2CC2)cc1C. The number of aromatic nitrogens is 3. The highest BCUT2D eigenvalue weighted by Crippen LogP contribution is 2.46. The molecule has 0 saturated heterocycles. The largest absolute Gasteiger partial charge is 0.303 e. The predicted octanol–water partition coefficient (Wildman–Crippen LogP) is 4.78. The van der Waals surface area contributed by atoms with Crippen molar-refractivity contribution in [1.82, 2.24) is 14.8 Å². The van der Waals surface area contributed by atoms with E-state index >= 15 is 0 Å². The van der Waals surface area contributed by atoms with E-state index < -0.39 is 0 Å². The lowest BCUT2D eigenvalue weighted by Crippen LogP contribution is -2.16. The van der Waals surface area contributed by atoms with Crippen LogP contribution in [0.25, 0.3) is 0 Å². The Morgan fingerprint density at radius 2 is 1.76 bits per heavy atom. The first-order valence-electron chi connectivity index (χ1n) is 9.19. The van der Waals surface area contributed by atoms with Crippen molar-refractivity contribution < 1.29 is 4.79 Å². The Morgan fingerprint density at radius 1 is 1.08 bits per heavy atom. The summed E-state index contributed by atoms with van der Waals surface area (Å²) in [5.74, 6) is 1.92. The summed E-state index contributed by atoms with van der Waals surface area (Å²) in [4.78, 5) is 13.0. The first-order chi connectivity index (χ1) is 12.0. The van der Waals surface area contributed by atoms with E-state index in [2.05, 4.69) is 34.7 Å². The molecule has 1 heterocycles. The molecule has 0 radical (unpaired) electrons. The van der Waals surface area contributed by atoms with Crippen LogP contribution in [0.5, 0.6) is 0 Å². The van der Waals surface area contributed by atoms with Gasteiger partial charge in [-0.2, -0.15) is 0 Å². The Bertz CT molecular complexity index is 834. The maximum absolute atomic E-state index is 13.0. The number of rotatable bonds is 6. The van der Waals surface area contributed by atoms with Gasteiger partial charge in [0.2, 0.25) is 0 Å². The molecule has 0 bridgehead atoms. The van der Waals surface area contributed by atoms with Crippen LogP contribution in [-0.4, -0.2) is 25.8 Å². The first-order valence-corrected chi connectivity index (χ1v) is 10.1. The van der Waals surface area contributed by atoms with Crippen LogP contribution in [0.2, 0.25) is 0 Å². The van der Waals surface area contributed by atoms with E-state index in [1.165, 1.54) is 36.8 Å². The van der Waals surface area contributed by atoms with E-state index in [0.717, 1.165) is 22.1 Å². The number of ketones is 1. The topological polar surface area (TPSA) is 47.8 Å². The van der Waals surface area contributed by atoms with E-state index in [0.29, 0.717) is 12.0 Å². The van der Waals surface area contributed by atoms with Gasteiger partial charge in [0.05, 0.1) is 5.25 Å². The molecule has 0 aliphatic heterocycles. The third-order valence-corrected chi connectivity index (χ3v) is 6.36. The van der Waals surface area contributed by atoms with Crippen molar-refractivity contribution in [3.63, 3.8) is 0 Å². The zero-order valence-electron chi connectivity index (χ0n) is 15.4. The van der Waals surface area contributed by atoms with Crippen LogP contribution in [0, 0.1) is 20.8 Å². The van der Waals surface area contributed by atoms with Crippen LogP contribution in [0.3, 0.4) is 0 Å². The third-order valence-electron chi connectivity index (χ3n) is 5.30. The number of benzene rings is 1. The number of hydrogen-bond acceptors (Lipinski definition) is 4. The van der Waals surface area contributed by atoms with Gasteiger partial charge >= 0.3 is 0 Å². The normalized spacial score (nSPS) is 18.4. The van der Waals surface area contributed by atoms with Crippen molar-refractivity contribution in [2.75, 3.05) is 0 Å². The summed E-state index contributed by atoms with van der Waals surface area (Å²) >= 11 is 1.57. The van der Waals surface area contributed by atoms with Gasteiger partial charge in [0.25, 0.3) is 0 Å². The minimum Gasteiger partial charge on any atom is -0.303 e. The van der Waals surface area contributed by atoms with Crippen LogP contribution in [0.4, 0.5) is 0 Å². The molecule has 0 N–H and O–H groups in total. The molecule has 2 aromatic rings. The molecule has 4 nitrogen and oxygen atoms in total. The Morgan fingerprint density at radius 3 is 2.40 bits per heavy atom. The average molecular weight is 356 g/mol. The quantitative estimate of drug-likeness (QED) is 0.553. The highest BCUT2D eigenvalue weighted by Gasteiger charge is 2.37. The number of hydrogen-bond donors (Lipinski definition) is 0. The van der Waals surface area contributed by atoms with Gasteiger partial charge in [0.1, 0.15) is 5.82 Å². The summed E-state index contributed by atoms with van der Waals surface area (Å²) in [7, 11) is 0. The summed E-state index contributed by atoms with van der Waals surface area (Å²) in [6, 6.07) is 4.70. The molecule has 2 fully saturated rings. The Kier molecular flexibility index (Phi) is 4.22. The number of carbonyl (C=O) groups excluding carboxylic acids is 1. The van der Waals surface area contributed by atoms with Crippen LogP contribution >= 0.6 is 11.8 Å².